The van der Waals surface area contributed by atoms with Crippen LogP contribution < -0.4 is 10.2 Å². The largest absolute Gasteiger partial charge is 0.416 e. The van der Waals surface area contributed by atoms with Gasteiger partial charge in [-0.1, -0.05) is 6.92 Å². The average molecular weight is 290 g/mol. The Morgan fingerprint density at radius 2 is 2.10 bits per heavy atom. The van der Waals surface area contributed by atoms with Crippen LogP contribution in [0.1, 0.15) is 25.3 Å². The minimum atomic E-state index is -4.45. The summed E-state index contributed by atoms with van der Waals surface area (Å²) in [5, 5.41) is 3.26. The van der Waals surface area contributed by atoms with Crippen LogP contribution in [0.25, 0.3) is 0 Å². The zero-order chi connectivity index (χ0) is 14.8. The number of hydrogen-bond acceptors (Lipinski definition) is 2. The number of halogens is 4. The van der Waals surface area contributed by atoms with Gasteiger partial charge >= 0.3 is 6.18 Å². The van der Waals surface area contributed by atoms with E-state index in [9.17, 15) is 17.6 Å². The van der Waals surface area contributed by atoms with Crippen molar-refractivity contribution in [2.75, 3.05) is 24.5 Å². The van der Waals surface area contributed by atoms with Gasteiger partial charge in [0, 0.05) is 19.1 Å². The van der Waals surface area contributed by atoms with Crippen molar-refractivity contribution < 1.29 is 17.6 Å². The van der Waals surface area contributed by atoms with E-state index in [1.807, 2.05) is 6.92 Å². The Morgan fingerprint density at radius 3 is 2.75 bits per heavy atom. The summed E-state index contributed by atoms with van der Waals surface area (Å²) in [6, 6.07) is 2.78. The molecule has 1 atom stereocenters. The van der Waals surface area contributed by atoms with Gasteiger partial charge in [-0.2, -0.15) is 13.2 Å². The highest BCUT2D eigenvalue weighted by atomic mass is 19.4. The lowest BCUT2D eigenvalue weighted by Gasteiger charge is -2.35. The SMILES string of the molecule is CCNC1CCCN(c2cc(C(F)(F)F)ccc2F)C1. The van der Waals surface area contributed by atoms with Gasteiger partial charge in [0.05, 0.1) is 11.3 Å². The van der Waals surface area contributed by atoms with Crippen molar-refractivity contribution in [3.05, 3.63) is 29.6 Å². The second-order valence-corrected chi connectivity index (χ2v) is 5.01. The fourth-order valence-corrected chi connectivity index (χ4v) is 2.58. The molecule has 0 aliphatic carbocycles. The highest BCUT2D eigenvalue weighted by molar-refractivity contribution is 5.51. The predicted molar refractivity (Wildman–Crippen MR) is 70.3 cm³/mol. The molecule has 1 unspecified atom stereocenters. The number of piperidine rings is 1. The van der Waals surface area contributed by atoms with Crippen LogP contribution in [0.4, 0.5) is 23.2 Å². The van der Waals surface area contributed by atoms with Crippen molar-refractivity contribution in [1.82, 2.24) is 5.32 Å². The maximum atomic E-state index is 13.8. The molecule has 20 heavy (non-hydrogen) atoms. The zero-order valence-electron chi connectivity index (χ0n) is 11.3. The van der Waals surface area contributed by atoms with Crippen molar-refractivity contribution in [2.45, 2.75) is 32.0 Å². The topological polar surface area (TPSA) is 15.3 Å². The molecule has 2 nitrogen and oxygen atoms in total. The van der Waals surface area contributed by atoms with Crippen LogP contribution in [0.5, 0.6) is 0 Å². The molecule has 1 N–H and O–H groups in total. The zero-order valence-corrected chi connectivity index (χ0v) is 11.3. The second-order valence-electron chi connectivity index (χ2n) is 5.01. The molecule has 0 aromatic heterocycles. The maximum absolute atomic E-state index is 13.8. The molecule has 1 fully saturated rings. The van der Waals surface area contributed by atoms with Gasteiger partial charge in [-0.25, -0.2) is 4.39 Å². The summed E-state index contributed by atoms with van der Waals surface area (Å²) in [5.41, 5.74) is -0.762. The number of likely N-dealkylation sites (N-methyl/N-ethyl adjacent to an activating group) is 1. The van der Waals surface area contributed by atoms with E-state index < -0.39 is 17.6 Å². The summed E-state index contributed by atoms with van der Waals surface area (Å²) < 4.78 is 52.0. The molecule has 112 valence electrons. The van der Waals surface area contributed by atoms with Gasteiger partial charge in [-0.15, -0.1) is 0 Å². The standard InChI is InChI=1S/C14H18F4N2/c1-2-19-11-4-3-7-20(9-11)13-8-10(14(16,17)18)5-6-12(13)15/h5-6,8,11,19H,2-4,7,9H2,1H3. The molecule has 0 saturated carbocycles. The lowest BCUT2D eigenvalue weighted by molar-refractivity contribution is -0.137. The highest BCUT2D eigenvalue weighted by Gasteiger charge is 2.32. The van der Waals surface area contributed by atoms with Gasteiger partial charge in [-0.05, 0) is 37.6 Å². The Hall–Kier alpha value is -1.30. The Labute approximate surface area is 115 Å². The fraction of sp³-hybridized carbons (Fsp3) is 0.571. The van der Waals surface area contributed by atoms with Crippen LogP contribution in [-0.2, 0) is 6.18 Å². The lowest BCUT2D eigenvalue weighted by atomic mass is 10.0. The van der Waals surface area contributed by atoms with Crippen LogP contribution in [0, 0.1) is 5.82 Å². The van der Waals surface area contributed by atoms with E-state index in [1.165, 1.54) is 0 Å². The van der Waals surface area contributed by atoms with Crippen LogP contribution in [-0.4, -0.2) is 25.7 Å². The molecule has 0 amide bonds. The number of rotatable bonds is 3. The molecule has 1 aliphatic heterocycles. The van der Waals surface area contributed by atoms with Crippen molar-refractivity contribution in [3.8, 4) is 0 Å². The second kappa shape index (κ2) is 5.99. The molecule has 6 heteroatoms. The minimum Gasteiger partial charge on any atom is -0.368 e. The van der Waals surface area contributed by atoms with Gasteiger partial charge in [0.2, 0.25) is 0 Å². The predicted octanol–water partition coefficient (Wildman–Crippen LogP) is 3.42. The average Bonchev–Trinajstić information content (AvgIpc) is 2.38. The molecule has 1 aromatic rings. The van der Waals surface area contributed by atoms with E-state index in [0.717, 1.165) is 37.6 Å². The highest BCUT2D eigenvalue weighted by Crippen LogP contribution is 2.33. The maximum Gasteiger partial charge on any atom is 0.416 e. The first-order valence-corrected chi connectivity index (χ1v) is 6.77. The number of nitrogens with zero attached hydrogens (tertiary/aromatic N) is 1. The van der Waals surface area contributed by atoms with Crippen molar-refractivity contribution in [1.29, 1.82) is 0 Å². The molecular formula is C14H18F4N2. The van der Waals surface area contributed by atoms with Crippen LogP contribution in [0.3, 0.4) is 0 Å². The van der Waals surface area contributed by atoms with E-state index in [-0.39, 0.29) is 11.7 Å². The molecule has 0 radical (unpaired) electrons. The fourth-order valence-electron chi connectivity index (χ4n) is 2.58. The van der Waals surface area contributed by atoms with Crippen molar-refractivity contribution in [3.63, 3.8) is 0 Å². The summed E-state index contributed by atoms with van der Waals surface area (Å²) in [4.78, 5) is 1.70. The number of benzene rings is 1. The van der Waals surface area contributed by atoms with Crippen LogP contribution >= 0.6 is 0 Å². The van der Waals surface area contributed by atoms with E-state index in [1.54, 1.807) is 4.90 Å². The smallest absolute Gasteiger partial charge is 0.368 e. The third-order valence-electron chi connectivity index (χ3n) is 3.53. The number of anilines is 1. The number of alkyl halides is 3. The number of hydrogen-bond donors (Lipinski definition) is 1. The Balaban J connectivity index is 2.22. The van der Waals surface area contributed by atoms with Gasteiger partial charge in [-0.3, -0.25) is 0 Å². The number of nitrogens with one attached hydrogen (secondary N) is 1. The third kappa shape index (κ3) is 3.42. The van der Waals surface area contributed by atoms with E-state index in [4.69, 9.17) is 0 Å². The Bertz CT molecular complexity index is 457. The quantitative estimate of drug-likeness (QED) is 0.858. The van der Waals surface area contributed by atoms with Crippen molar-refractivity contribution >= 4 is 5.69 Å². The van der Waals surface area contributed by atoms with Crippen LogP contribution in [0.2, 0.25) is 0 Å². The van der Waals surface area contributed by atoms with Gasteiger partial charge < -0.3 is 10.2 Å². The Kier molecular flexibility index (Phi) is 4.52. The molecule has 1 aliphatic rings. The summed E-state index contributed by atoms with van der Waals surface area (Å²) >= 11 is 0. The van der Waals surface area contributed by atoms with E-state index in [0.29, 0.717) is 13.1 Å². The first-order chi connectivity index (χ1) is 9.41. The molecule has 0 bridgehead atoms. The van der Waals surface area contributed by atoms with E-state index >= 15 is 0 Å². The normalized spacial score (nSPS) is 20.2. The minimum absolute atomic E-state index is 0.0439. The lowest BCUT2D eigenvalue weighted by Crippen LogP contribution is -2.46. The summed E-state index contributed by atoms with van der Waals surface area (Å²) in [5.74, 6) is -0.602. The summed E-state index contributed by atoms with van der Waals surface area (Å²) in [6.45, 7) is 3.89. The first-order valence-electron chi connectivity index (χ1n) is 6.77. The van der Waals surface area contributed by atoms with Crippen LogP contribution in [0.15, 0.2) is 18.2 Å². The van der Waals surface area contributed by atoms with Gasteiger partial charge in [0.25, 0.3) is 0 Å². The van der Waals surface area contributed by atoms with Crippen molar-refractivity contribution in [2.24, 2.45) is 0 Å². The van der Waals surface area contributed by atoms with Gasteiger partial charge in [0.15, 0.2) is 0 Å². The molecule has 1 saturated heterocycles. The van der Waals surface area contributed by atoms with Gasteiger partial charge in [0.1, 0.15) is 5.82 Å². The van der Waals surface area contributed by atoms with E-state index in [2.05, 4.69) is 5.32 Å². The molecule has 1 aromatic carbocycles. The summed E-state index contributed by atoms with van der Waals surface area (Å²) in [6.07, 6.45) is -2.64. The molecule has 1 heterocycles. The monoisotopic (exact) mass is 290 g/mol. The molecule has 2 rings (SSSR count). The molecule has 0 spiro atoms. The first kappa shape index (κ1) is 15.1. The Morgan fingerprint density at radius 1 is 1.35 bits per heavy atom. The third-order valence-corrected chi connectivity index (χ3v) is 3.53. The molecular weight excluding hydrogens is 272 g/mol. The summed E-state index contributed by atoms with van der Waals surface area (Å²) in [7, 11) is 0.